The second-order valence-corrected chi connectivity index (χ2v) is 9.44. The van der Waals surface area contributed by atoms with Crippen LogP contribution in [0.3, 0.4) is 0 Å². The molecule has 1 amide bonds. The summed E-state index contributed by atoms with van der Waals surface area (Å²) in [6.45, 7) is 0. The third-order valence-corrected chi connectivity index (χ3v) is 6.73. The van der Waals surface area contributed by atoms with E-state index in [2.05, 4.69) is 20.5 Å². The largest absolute Gasteiger partial charge is 0.360 e. The Morgan fingerprint density at radius 1 is 1.06 bits per heavy atom. The molecule has 0 aliphatic carbocycles. The van der Waals surface area contributed by atoms with Crippen LogP contribution < -0.4 is 5.32 Å². The third kappa shape index (κ3) is 4.78. The number of carbonyl (C=O) groups is 1. The van der Waals surface area contributed by atoms with E-state index in [1.54, 1.807) is 12.1 Å². The van der Waals surface area contributed by atoms with E-state index >= 15 is 0 Å². The first-order chi connectivity index (χ1) is 17.4. The first-order valence-electron chi connectivity index (χ1n) is 10.5. The Morgan fingerprint density at radius 2 is 1.81 bits per heavy atom. The second kappa shape index (κ2) is 10.0. The van der Waals surface area contributed by atoms with Crippen molar-refractivity contribution < 1.29 is 9.72 Å². The number of anilines is 1. The molecular weight excluding hydrogens is 523 g/mol. The van der Waals surface area contributed by atoms with Gasteiger partial charge in [-0.15, -0.1) is 10.2 Å². The number of para-hydroxylation sites is 1. The number of aromatic amines is 1. The highest BCUT2D eigenvalue weighted by Gasteiger charge is 2.21. The SMILES string of the molecule is O=C(CSc1nnc(-c2c[nH]c3ccccc23)n1-c1ccc(Cl)cc1)Nc1cc(Cl)ccc1[N+](=O)[O-]. The number of H-pyrrole nitrogens is 1. The van der Waals surface area contributed by atoms with Gasteiger partial charge in [0, 0.05) is 44.5 Å². The number of rotatable bonds is 7. The average molecular weight is 539 g/mol. The number of hydrogen-bond acceptors (Lipinski definition) is 6. The zero-order valence-corrected chi connectivity index (χ0v) is 20.6. The summed E-state index contributed by atoms with van der Waals surface area (Å²) in [5.41, 5.74) is 2.34. The number of halogens is 2. The van der Waals surface area contributed by atoms with Crippen molar-refractivity contribution in [1.82, 2.24) is 19.7 Å². The number of hydrogen-bond donors (Lipinski definition) is 2. The number of nitro groups is 1. The summed E-state index contributed by atoms with van der Waals surface area (Å²) in [6.07, 6.45) is 1.86. The number of nitro benzene ring substituents is 1. The summed E-state index contributed by atoms with van der Waals surface area (Å²) in [4.78, 5) is 26.7. The number of fused-ring (bicyclic) bond motifs is 1. The van der Waals surface area contributed by atoms with Gasteiger partial charge in [-0.05, 0) is 42.5 Å². The molecule has 9 nitrogen and oxygen atoms in total. The lowest BCUT2D eigenvalue weighted by Crippen LogP contribution is -2.15. The summed E-state index contributed by atoms with van der Waals surface area (Å²) >= 11 is 13.2. The molecule has 2 heterocycles. The van der Waals surface area contributed by atoms with Crippen molar-refractivity contribution in [3.63, 3.8) is 0 Å². The lowest BCUT2D eigenvalue weighted by molar-refractivity contribution is -0.383. The molecule has 2 aromatic heterocycles. The van der Waals surface area contributed by atoms with Crippen LogP contribution in [0, 0.1) is 10.1 Å². The predicted octanol–water partition coefficient (Wildman–Crippen LogP) is 6.36. The van der Waals surface area contributed by atoms with Gasteiger partial charge in [-0.1, -0.05) is 53.2 Å². The molecular formula is C24H16Cl2N6O3S. The van der Waals surface area contributed by atoms with E-state index in [0.717, 1.165) is 33.9 Å². The fraction of sp³-hybridized carbons (Fsp3) is 0.0417. The molecule has 0 aliphatic heterocycles. The van der Waals surface area contributed by atoms with E-state index in [0.29, 0.717) is 16.0 Å². The molecule has 5 aromatic rings. The van der Waals surface area contributed by atoms with Gasteiger partial charge in [-0.2, -0.15) is 0 Å². The standard InChI is InChI=1S/C24H16Cl2N6O3S/c25-14-5-8-16(9-6-14)31-23(18-12-27-19-4-2-1-3-17(18)19)29-30-24(31)36-13-22(33)28-20-11-15(26)7-10-21(20)32(34)35/h1-12,27H,13H2,(H,28,33). The van der Waals surface area contributed by atoms with Crippen molar-refractivity contribution in [2.45, 2.75) is 5.16 Å². The van der Waals surface area contributed by atoms with E-state index in [9.17, 15) is 14.9 Å². The normalized spacial score (nSPS) is 11.1. The van der Waals surface area contributed by atoms with Gasteiger partial charge in [0.2, 0.25) is 5.91 Å². The lowest BCUT2D eigenvalue weighted by atomic mass is 10.1. The number of thioether (sulfide) groups is 1. The Balaban J connectivity index is 1.46. The van der Waals surface area contributed by atoms with Gasteiger partial charge in [-0.3, -0.25) is 19.5 Å². The van der Waals surface area contributed by atoms with Gasteiger partial charge in [0.15, 0.2) is 11.0 Å². The molecule has 12 heteroatoms. The van der Waals surface area contributed by atoms with E-state index in [4.69, 9.17) is 23.2 Å². The van der Waals surface area contributed by atoms with Crippen molar-refractivity contribution in [3.05, 3.63) is 93.1 Å². The fourth-order valence-corrected chi connectivity index (χ4v) is 4.75. The molecule has 0 radical (unpaired) electrons. The molecule has 0 saturated carbocycles. The van der Waals surface area contributed by atoms with Crippen LogP contribution in [-0.4, -0.2) is 36.3 Å². The molecule has 0 aliphatic rings. The molecule has 0 unspecified atom stereocenters. The van der Waals surface area contributed by atoms with Crippen molar-refractivity contribution >= 4 is 63.1 Å². The van der Waals surface area contributed by atoms with Crippen LogP contribution in [0.2, 0.25) is 10.0 Å². The summed E-state index contributed by atoms with van der Waals surface area (Å²) in [7, 11) is 0. The van der Waals surface area contributed by atoms with Crippen molar-refractivity contribution in [1.29, 1.82) is 0 Å². The van der Waals surface area contributed by atoms with Gasteiger partial charge in [-0.25, -0.2) is 0 Å². The number of carbonyl (C=O) groups excluding carboxylic acids is 1. The van der Waals surface area contributed by atoms with E-state index in [1.807, 2.05) is 47.2 Å². The minimum Gasteiger partial charge on any atom is -0.360 e. The fourth-order valence-electron chi connectivity index (χ4n) is 3.70. The summed E-state index contributed by atoms with van der Waals surface area (Å²) in [6, 6.07) is 19.0. The first kappa shape index (κ1) is 23.9. The Labute approximate surface area is 218 Å². The first-order valence-corrected chi connectivity index (χ1v) is 12.3. The molecule has 2 N–H and O–H groups in total. The number of amides is 1. The summed E-state index contributed by atoms with van der Waals surface area (Å²) < 4.78 is 1.84. The van der Waals surface area contributed by atoms with Crippen molar-refractivity contribution in [2.24, 2.45) is 0 Å². The molecule has 0 saturated heterocycles. The Kier molecular flexibility index (Phi) is 6.64. The van der Waals surface area contributed by atoms with Crippen LogP contribution in [0.15, 0.2) is 78.1 Å². The topological polar surface area (TPSA) is 119 Å². The van der Waals surface area contributed by atoms with Crippen molar-refractivity contribution in [2.75, 3.05) is 11.1 Å². The average Bonchev–Trinajstić information content (AvgIpc) is 3.47. The van der Waals surface area contributed by atoms with E-state index in [-0.39, 0.29) is 22.2 Å². The summed E-state index contributed by atoms with van der Waals surface area (Å²) in [5, 5.41) is 24.9. The minimum absolute atomic E-state index is 0.0248. The van der Waals surface area contributed by atoms with Crippen LogP contribution in [0.25, 0.3) is 28.0 Å². The number of benzene rings is 3. The van der Waals surface area contributed by atoms with Gasteiger partial charge in [0.1, 0.15) is 5.69 Å². The van der Waals surface area contributed by atoms with Gasteiger partial charge < -0.3 is 10.3 Å². The number of nitrogens with zero attached hydrogens (tertiary/aromatic N) is 4. The van der Waals surface area contributed by atoms with Crippen molar-refractivity contribution in [3.8, 4) is 17.1 Å². The van der Waals surface area contributed by atoms with Crippen LogP contribution in [-0.2, 0) is 4.79 Å². The number of aromatic nitrogens is 4. The zero-order chi connectivity index (χ0) is 25.2. The minimum atomic E-state index is -0.580. The maximum atomic E-state index is 12.7. The maximum Gasteiger partial charge on any atom is 0.292 e. The highest BCUT2D eigenvalue weighted by Crippen LogP contribution is 2.33. The molecule has 5 rings (SSSR count). The molecule has 3 aromatic carbocycles. The quantitative estimate of drug-likeness (QED) is 0.141. The lowest BCUT2D eigenvalue weighted by Gasteiger charge is -2.10. The van der Waals surface area contributed by atoms with Gasteiger partial charge >= 0.3 is 0 Å². The Hall–Kier alpha value is -3.86. The highest BCUT2D eigenvalue weighted by atomic mass is 35.5. The highest BCUT2D eigenvalue weighted by molar-refractivity contribution is 7.99. The van der Waals surface area contributed by atoms with Crippen LogP contribution in [0.1, 0.15) is 0 Å². The molecule has 0 atom stereocenters. The second-order valence-electron chi connectivity index (χ2n) is 7.62. The van der Waals surface area contributed by atoms with Crippen LogP contribution in [0.5, 0.6) is 0 Å². The van der Waals surface area contributed by atoms with Gasteiger partial charge in [0.05, 0.1) is 10.7 Å². The molecule has 0 fully saturated rings. The molecule has 0 bridgehead atoms. The van der Waals surface area contributed by atoms with Gasteiger partial charge in [0.25, 0.3) is 5.69 Å². The van der Waals surface area contributed by atoms with Crippen LogP contribution >= 0.6 is 35.0 Å². The third-order valence-electron chi connectivity index (χ3n) is 5.31. The molecule has 180 valence electrons. The molecule has 0 spiro atoms. The molecule has 36 heavy (non-hydrogen) atoms. The monoisotopic (exact) mass is 538 g/mol. The zero-order valence-electron chi connectivity index (χ0n) is 18.3. The van der Waals surface area contributed by atoms with E-state index in [1.165, 1.54) is 18.2 Å². The van der Waals surface area contributed by atoms with Crippen LogP contribution in [0.4, 0.5) is 11.4 Å². The Bertz CT molecular complexity index is 1600. The number of nitrogens with one attached hydrogen (secondary N) is 2. The van der Waals surface area contributed by atoms with E-state index < -0.39 is 10.8 Å². The summed E-state index contributed by atoms with van der Waals surface area (Å²) in [5.74, 6) is 0.0661. The Morgan fingerprint density at radius 3 is 2.58 bits per heavy atom. The maximum absolute atomic E-state index is 12.7. The smallest absolute Gasteiger partial charge is 0.292 e. The predicted molar refractivity (Wildman–Crippen MR) is 141 cm³/mol.